The van der Waals surface area contributed by atoms with Crippen molar-refractivity contribution in [1.29, 1.82) is 0 Å². The Bertz CT molecular complexity index is 585. The Labute approximate surface area is 154 Å². The summed E-state index contributed by atoms with van der Waals surface area (Å²) >= 11 is 0. The van der Waals surface area contributed by atoms with Crippen LogP contribution in [0.5, 0.6) is 0 Å². The highest BCUT2D eigenvalue weighted by molar-refractivity contribution is 5.85. The van der Waals surface area contributed by atoms with E-state index in [4.69, 9.17) is 5.73 Å². The van der Waals surface area contributed by atoms with E-state index in [0.717, 1.165) is 18.4 Å². The van der Waals surface area contributed by atoms with Gasteiger partial charge in [-0.25, -0.2) is 4.39 Å². The zero-order chi connectivity index (χ0) is 17.5. The maximum Gasteiger partial charge on any atom is 0.225 e. The molecule has 1 aliphatic rings. The Balaban J connectivity index is 0.00000312. The van der Waals surface area contributed by atoms with E-state index in [-0.39, 0.29) is 41.9 Å². The van der Waals surface area contributed by atoms with E-state index < -0.39 is 0 Å². The lowest BCUT2D eigenvalue weighted by Gasteiger charge is -2.33. The summed E-state index contributed by atoms with van der Waals surface area (Å²) in [7, 11) is 0. The fourth-order valence-corrected chi connectivity index (χ4v) is 3.15. The van der Waals surface area contributed by atoms with Gasteiger partial charge in [-0.3, -0.25) is 9.59 Å². The van der Waals surface area contributed by atoms with E-state index in [0.29, 0.717) is 32.6 Å². The smallest absolute Gasteiger partial charge is 0.225 e. The zero-order valence-electron chi connectivity index (χ0n) is 14.5. The van der Waals surface area contributed by atoms with Crippen LogP contribution in [0.2, 0.25) is 0 Å². The highest BCUT2D eigenvalue weighted by Crippen LogP contribution is 2.20. The van der Waals surface area contributed by atoms with Crippen LogP contribution < -0.4 is 11.1 Å². The third kappa shape index (κ3) is 6.29. The highest BCUT2D eigenvalue weighted by Gasteiger charge is 2.30. The molecule has 3 N–H and O–H groups in total. The molecule has 1 heterocycles. The standard InChI is InChI=1S/C18H26FN3O2.ClH/c1-13(10-14-4-2-6-16(19)11-14)18(24)22-9-3-5-15(12-22)17(23)21-8-7-20;/h2,4,6,11,13,15H,3,5,7-10,12,20H2,1H3,(H,21,23);1H. The SMILES string of the molecule is CC(Cc1cccc(F)c1)C(=O)N1CCCC(C(=O)NCCN)C1.Cl. The van der Waals surface area contributed by atoms with E-state index in [1.807, 2.05) is 13.0 Å². The van der Waals surface area contributed by atoms with E-state index in [9.17, 15) is 14.0 Å². The molecule has 0 spiro atoms. The second-order valence-corrected chi connectivity index (χ2v) is 6.44. The molecule has 1 aromatic rings. The number of piperidine rings is 1. The number of nitrogens with two attached hydrogens (primary N) is 1. The van der Waals surface area contributed by atoms with Gasteiger partial charge in [0.2, 0.25) is 11.8 Å². The van der Waals surface area contributed by atoms with E-state index in [2.05, 4.69) is 5.32 Å². The van der Waals surface area contributed by atoms with Gasteiger partial charge in [0.15, 0.2) is 0 Å². The third-order valence-electron chi connectivity index (χ3n) is 4.40. The monoisotopic (exact) mass is 371 g/mol. The molecule has 2 rings (SSSR count). The Morgan fingerprint density at radius 1 is 1.44 bits per heavy atom. The number of nitrogens with zero attached hydrogens (tertiary/aromatic N) is 1. The van der Waals surface area contributed by atoms with Crippen LogP contribution in [0.1, 0.15) is 25.3 Å². The van der Waals surface area contributed by atoms with Crippen molar-refractivity contribution in [2.75, 3.05) is 26.2 Å². The highest BCUT2D eigenvalue weighted by atomic mass is 35.5. The first-order chi connectivity index (χ1) is 11.5. The first kappa shape index (κ1) is 21.4. The number of amides is 2. The summed E-state index contributed by atoms with van der Waals surface area (Å²) < 4.78 is 13.3. The Hall–Kier alpha value is -1.66. The zero-order valence-corrected chi connectivity index (χ0v) is 15.4. The average Bonchev–Trinajstić information content (AvgIpc) is 2.59. The summed E-state index contributed by atoms with van der Waals surface area (Å²) in [4.78, 5) is 26.5. The minimum atomic E-state index is -0.290. The molecule has 0 radical (unpaired) electrons. The molecule has 0 aliphatic carbocycles. The molecule has 2 unspecified atom stereocenters. The molecule has 0 bridgehead atoms. The van der Waals surface area contributed by atoms with Gasteiger partial charge in [0.1, 0.15) is 5.82 Å². The lowest BCUT2D eigenvalue weighted by Crippen LogP contribution is -2.47. The topological polar surface area (TPSA) is 75.4 Å². The van der Waals surface area contributed by atoms with Crippen molar-refractivity contribution in [1.82, 2.24) is 10.2 Å². The fourth-order valence-electron chi connectivity index (χ4n) is 3.15. The van der Waals surface area contributed by atoms with Crippen molar-refractivity contribution in [3.8, 4) is 0 Å². The van der Waals surface area contributed by atoms with Crippen molar-refractivity contribution in [3.63, 3.8) is 0 Å². The van der Waals surface area contributed by atoms with Gasteiger partial charge in [0, 0.05) is 32.1 Å². The maximum atomic E-state index is 13.3. The van der Waals surface area contributed by atoms with Gasteiger partial charge >= 0.3 is 0 Å². The second kappa shape index (κ2) is 10.4. The lowest BCUT2D eigenvalue weighted by atomic mass is 9.94. The van der Waals surface area contributed by atoms with Crippen LogP contribution in [0.25, 0.3) is 0 Å². The van der Waals surface area contributed by atoms with Crippen molar-refractivity contribution >= 4 is 24.2 Å². The van der Waals surface area contributed by atoms with Crippen LogP contribution in [0.3, 0.4) is 0 Å². The van der Waals surface area contributed by atoms with Crippen LogP contribution in [0.4, 0.5) is 4.39 Å². The summed E-state index contributed by atoms with van der Waals surface area (Å²) in [5, 5.41) is 2.79. The molecule has 1 aliphatic heterocycles. The largest absolute Gasteiger partial charge is 0.355 e. The quantitative estimate of drug-likeness (QED) is 0.799. The van der Waals surface area contributed by atoms with Gasteiger partial charge in [0.25, 0.3) is 0 Å². The molecule has 1 fully saturated rings. The van der Waals surface area contributed by atoms with Crippen LogP contribution in [0.15, 0.2) is 24.3 Å². The number of hydrogen-bond donors (Lipinski definition) is 2. The van der Waals surface area contributed by atoms with Crippen molar-refractivity contribution in [2.24, 2.45) is 17.6 Å². The van der Waals surface area contributed by atoms with Crippen LogP contribution in [-0.2, 0) is 16.0 Å². The molecule has 1 aromatic carbocycles. The molecule has 1 saturated heterocycles. The average molecular weight is 372 g/mol. The van der Waals surface area contributed by atoms with Crippen LogP contribution in [0, 0.1) is 17.7 Å². The number of carbonyl (C=O) groups is 2. The molecule has 140 valence electrons. The summed E-state index contributed by atoms with van der Waals surface area (Å²) in [6.07, 6.45) is 2.11. The van der Waals surface area contributed by atoms with E-state index in [1.54, 1.807) is 11.0 Å². The minimum Gasteiger partial charge on any atom is -0.355 e. The number of hydrogen-bond acceptors (Lipinski definition) is 3. The molecule has 2 atom stereocenters. The number of likely N-dealkylation sites (tertiary alicyclic amines) is 1. The molecule has 2 amide bonds. The summed E-state index contributed by atoms with van der Waals surface area (Å²) in [5.41, 5.74) is 6.21. The van der Waals surface area contributed by atoms with Gasteiger partial charge in [-0.1, -0.05) is 19.1 Å². The second-order valence-electron chi connectivity index (χ2n) is 6.44. The first-order valence-corrected chi connectivity index (χ1v) is 8.52. The lowest BCUT2D eigenvalue weighted by molar-refractivity contribution is -0.138. The summed E-state index contributed by atoms with van der Waals surface area (Å²) in [6, 6.07) is 6.33. The number of benzene rings is 1. The third-order valence-corrected chi connectivity index (χ3v) is 4.40. The van der Waals surface area contributed by atoms with Gasteiger partial charge in [0.05, 0.1) is 5.92 Å². The minimum absolute atomic E-state index is 0. The normalized spacial score (nSPS) is 18.2. The first-order valence-electron chi connectivity index (χ1n) is 8.52. The Kier molecular flexibility index (Phi) is 8.86. The van der Waals surface area contributed by atoms with Crippen molar-refractivity contribution in [2.45, 2.75) is 26.2 Å². The molecular formula is C18H27ClFN3O2. The predicted octanol–water partition coefficient (Wildman–Crippen LogP) is 1.74. The Morgan fingerprint density at radius 3 is 2.88 bits per heavy atom. The number of carbonyl (C=O) groups excluding carboxylic acids is 2. The molecule has 0 saturated carbocycles. The number of nitrogens with one attached hydrogen (secondary N) is 1. The predicted molar refractivity (Wildman–Crippen MR) is 97.9 cm³/mol. The summed E-state index contributed by atoms with van der Waals surface area (Å²) in [6.45, 7) is 3.84. The molecule has 25 heavy (non-hydrogen) atoms. The summed E-state index contributed by atoms with van der Waals surface area (Å²) in [5.74, 6) is -0.707. The maximum absolute atomic E-state index is 13.3. The number of halogens is 2. The number of rotatable bonds is 6. The van der Waals surface area contributed by atoms with Gasteiger partial charge in [-0.2, -0.15) is 0 Å². The molecule has 7 heteroatoms. The van der Waals surface area contributed by atoms with E-state index in [1.165, 1.54) is 12.1 Å². The fraction of sp³-hybridized carbons (Fsp3) is 0.556. The van der Waals surface area contributed by atoms with Crippen molar-refractivity contribution < 1.29 is 14.0 Å². The molecule has 5 nitrogen and oxygen atoms in total. The van der Waals surface area contributed by atoms with Crippen LogP contribution >= 0.6 is 12.4 Å². The van der Waals surface area contributed by atoms with Gasteiger partial charge in [-0.05, 0) is 37.0 Å². The van der Waals surface area contributed by atoms with Gasteiger partial charge in [-0.15, -0.1) is 12.4 Å². The van der Waals surface area contributed by atoms with Crippen LogP contribution in [-0.4, -0.2) is 42.9 Å². The molecule has 0 aromatic heterocycles. The molecular weight excluding hydrogens is 345 g/mol. The van der Waals surface area contributed by atoms with E-state index >= 15 is 0 Å². The van der Waals surface area contributed by atoms with Gasteiger partial charge < -0.3 is 16.0 Å². The van der Waals surface area contributed by atoms with Crippen molar-refractivity contribution in [3.05, 3.63) is 35.6 Å². The Morgan fingerprint density at radius 2 is 2.20 bits per heavy atom.